The Morgan fingerprint density at radius 3 is 2.71 bits per heavy atom. The zero-order chi connectivity index (χ0) is 24.1. The monoisotopic (exact) mass is 562 g/mol. The second kappa shape index (κ2) is 9.12. The lowest BCUT2D eigenvalue weighted by atomic mass is 9.93. The van der Waals surface area contributed by atoms with Crippen molar-refractivity contribution in [3.8, 4) is 11.5 Å². The Morgan fingerprint density at radius 2 is 1.97 bits per heavy atom. The first-order valence-corrected chi connectivity index (χ1v) is 13.3. The summed E-state index contributed by atoms with van der Waals surface area (Å²) < 4.78 is 27.3. The zero-order valence-electron chi connectivity index (χ0n) is 18.8. The van der Waals surface area contributed by atoms with Gasteiger partial charge in [0.15, 0.2) is 33.6 Å². The molecule has 1 aromatic carbocycles. The van der Waals surface area contributed by atoms with Crippen molar-refractivity contribution in [2.75, 3.05) is 25.6 Å². The lowest BCUT2D eigenvalue weighted by molar-refractivity contribution is -0.134. The summed E-state index contributed by atoms with van der Waals surface area (Å²) in [5.74, 6) is 1.80. The van der Waals surface area contributed by atoms with Crippen LogP contribution >= 0.6 is 27.7 Å². The number of rotatable bonds is 6. The van der Waals surface area contributed by atoms with E-state index >= 15 is 0 Å². The van der Waals surface area contributed by atoms with Crippen molar-refractivity contribution in [1.82, 2.24) is 24.4 Å². The molecule has 3 aliphatic rings. The van der Waals surface area contributed by atoms with Gasteiger partial charge in [-0.25, -0.2) is 19.3 Å². The van der Waals surface area contributed by atoms with E-state index in [0.29, 0.717) is 60.5 Å². The predicted octanol–water partition coefficient (Wildman–Crippen LogP) is 4.04. The molecule has 2 atom stereocenters. The van der Waals surface area contributed by atoms with Gasteiger partial charge in [0.25, 0.3) is 0 Å². The molecule has 1 saturated carbocycles. The Hall–Kier alpha value is -2.60. The third kappa shape index (κ3) is 4.42. The zero-order valence-corrected chi connectivity index (χ0v) is 21.2. The summed E-state index contributed by atoms with van der Waals surface area (Å²) in [4.78, 5) is 28.5. The number of aromatic nitrogens is 4. The highest BCUT2D eigenvalue weighted by Gasteiger charge is 2.46. The second-order valence-electron chi connectivity index (χ2n) is 9.13. The van der Waals surface area contributed by atoms with E-state index < -0.39 is 12.1 Å². The maximum Gasteiger partial charge on any atom is 0.231 e. The van der Waals surface area contributed by atoms with Crippen molar-refractivity contribution in [3.63, 3.8) is 0 Å². The molecule has 0 bridgehead atoms. The van der Waals surface area contributed by atoms with Crippen LogP contribution in [0.2, 0.25) is 0 Å². The van der Waals surface area contributed by atoms with Gasteiger partial charge in [-0.2, -0.15) is 0 Å². The number of aryl methyl sites for hydroxylation is 1. The highest BCUT2D eigenvalue weighted by Crippen LogP contribution is 2.43. The fourth-order valence-electron chi connectivity index (χ4n) is 4.70. The van der Waals surface area contributed by atoms with Crippen LogP contribution in [0.5, 0.6) is 11.5 Å². The average molecular weight is 563 g/mol. The van der Waals surface area contributed by atoms with Crippen LogP contribution in [0.15, 0.2) is 33.0 Å². The van der Waals surface area contributed by atoms with Gasteiger partial charge in [-0.1, -0.05) is 11.8 Å². The molecule has 4 heterocycles. The number of halogens is 2. The van der Waals surface area contributed by atoms with E-state index in [0.717, 1.165) is 33.8 Å². The SMILES string of the molecule is Nc1ncnc2c1nc(Sc1cc3c(cc1Br)OCO3)n2CCC1CCN(C(=O)C2C[C@@H]2F)CC1. The van der Waals surface area contributed by atoms with Crippen LogP contribution in [0, 0.1) is 11.8 Å². The largest absolute Gasteiger partial charge is 0.454 e. The smallest absolute Gasteiger partial charge is 0.231 e. The van der Waals surface area contributed by atoms with Crippen molar-refractivity contribution in [2.45, 2.75) is 48.5 Å². The van der Waals surface area contributed by atoms with E-state index in [2.05, 4.69) is 30.5 Å². The van der Waals surface area contributed by atoms with Crippen molar-refractivity contribution < 1.29 is 18.7 Å². The molecule has 2 aromatic heterocycles. The third-order valence-corrected chi connectivity index (χ3v) is 8.84. The van der Waals surface area contributed by atoms with Crippen LogP contribution in [-0.4, -0.2) is 56.4 Å². The van der Waals surface area contributed by atoms with Crippen LogP contribution in [0.1, 0.15) is 25.7 Å². The summed E-state index contributed by atoms with van der Waals surface area (Å²) in [5, 5.41) is 0.766. The van der Waals surface area contributed by atoms with Gasteiger partial charge in [0.2, 0.25) is 12.7 Å². The Labute approximate surface area is 213 Å². The number of carbonyl (C=O) groups excluding carboxylic acids is 1. The molecule has 2 fully saturated rings. The lowest BCUT2D eigenvalue weighted by Gasteiger charge is -2.32. The van der Waals surface area contributed by atoms with Gasteiger partial charge >= 0.3 is 0 Å². The number of piperidine rings is 1. The fraction of sp³-hybridized carbons (Fsp3) is 0.478. The number of anilines is 1. The van der Waals surface area contributed by atoms with Crippen LogP contribution in [0.4, 0.5) is 10.2 Å². The molecular weight excluding hydrogens is 539 g/mol. The number of hydrogen-bond acceptors (Lipinski definition) is 8. The van der Waals surface area contributed by atoms with Gasteiger partial charge < -0.3 is 24.7 Å². The summed E-state index contributed by atoms with van der Waals surface area (Å²) in [6, 6.07) is 3.83. The van der Waals surface area contributed by atoms with E-state index in [9.17, 15) is 9.18 Å². The number of hydrogen-bond donors (Lipinski definition) is 1. The lowest BCUT2D eigenvalue weighted by Crippen LogP contribution is -2.39. The maximum atomic E-state index is 13.3. The maximum absolute atomic E-state index is 13.3. The molecule has 2 aliphatic heterocycles. The summed E-state index contributed by atoms with van der Waals surface area (Å²) in [7, 11) is 0. The number of nitrogen functional groups attached to an aromatic ring is 1. The number of nitrogens with zero attached hydrogens (tertiary/aromatic N) is 5. The molecule has 1 amide bonds. The molecule has 6 rings (SSSR count). The van der Waals surface area contributed by atoms with E-state index in [-0.39, 0.29) is 12.7 Å². The van der Waals surface area contributed by atoms with E-state index in [1.54, 1.807) is 0 Å². The number of alkyl halides is 1. The second-order valence-corrected chi connectivity index (χ2v) is 11.0. The number of nitrogens with two attached hydrogens (primary N) is 1. The minimum Gasteiger partial charge on any atom is -0.454 e. The molecule has 1 unspecified atom stereocenters. The van der Waals surface area contributed by atoms with E-state index in [1.165, 1.54) is 18.1 Å². The number of fused-ring (bicyclic) bond motifs is 2. The van der Waals surface area contributed by atoms with Gasteiger partial charge in [0, 0.05) is 29.0 Å². The predicted molar refractivity (Wildman–Crippen MR) is 131 cm³/mol. The van der Waals surface area contributed by atoms with Gasteiger partial charge in [-0.05, 0) is 59.7 Å². The van der Waals surface area contributed by atoms with Crippen molar-refractivity contribution in [2.24, 2.45) is 11.8 Å². The molecule has 0 spiro atoms. The van der Waals surface area contributed by atoms with Crippen molar-refractivity contribution >= 4 is 50.6 Å². The Kier molecular flexibility index (Phi) is 5.95. The minimum atomic E-state index is -0.940. The molecule has 0 radical (unpaired) electrons. The molecule has 3 aromatic rings. The highest BCUT2D eigenvalue weighted by molar-refractivity contribution is 9.10. The van der Waals surface area contributed by atoms with Gasteiger partial charge in [-0.15, -0.1) is 0 Å². The number of benzene rings is 1. The van der Waals surface area contributed by atoms with Crippen LogP contribution in [-0.2, 0) is 11.3 Å². The molecule has 184 valence electrons. The molecule has 1 aliphatic carbocycles. The Bertz CT molecular complexity index is 1300. The van der Waals surface area contributed by atoms with Crippen LogP contribution < -0.4 is 15.2 Å². The number of amides is 1. The summed E-state index contributed by atoms with van der Waals surface area (Å²) in [5.41, 5.74) is 7.39. The molecular formula is C23H24BrFN6O3S. The minimum absolute atomic E-state index is 0.0169. The average Bonchev–Trinajstić information content (AvgIpc) is 3.24. The van der Waals surface area contributed by atoms with E-state index in [1.807, 2.05) is 17.0 Å². The molecule has 1 saturated heterocycles. The number of ether oxygens (including phenoxy) is 2. The Morgan fingerprint density at radius 1 is 1.23 bits per heavy atom. The van der Waals surface area contributed by atoms with Gasteiger partial charge in [0.1, 0.15) is 12.5 Å². The van der Waals surface area contributed by atoms with Crippen LogP contribution in [0.25, 0.3) is 11.2 Å². The molecule has 12 heteroatoms. The van der Waals surface area contributed by atoms with Crippen LogP contribution in [0.3, 0.4) is 0 Å². The van der Waals surface area contributed by atoms with Gasteiger partial charge in [0.05, 0.1) is 5.92 Å². The fourth-order valence-corrected chi connectivity index (χ4v) is 6.21. The van der Waals surface area contributed by atoms with Crippen molar-refractivity contribution in [1.29, 1.82) is 0 Å². The van der Waals surface area contributed by atoms with Crippen molar-refractivity contribution in [3.05, 3.63) is 22.9 Å². The number of carbonyl (C=O) groups is 1. The normalized spacial score (nSPS) is 21.6. The first-order chi connectivity index (χ1) is 17.0. The molecule has 35 heavy (non-hydrogen) atoms. The number of likely N-dealkylation sites (tertiary alicyclic amines) is 1. The Balaban J connectivity index is 1.19. The first kappa shape index (κ1) is 22.8. The quantitative estimate of drug-likeness (QED) is 0.479. The summed E-state index contributed by atoms with van der Waals surface area (Å²) >= 11 is 5.13. The first-order valence-electron chi connectivity index (χ1n) is 11.6. The highest BCUT2D eigenvalue weighted by atomic mass is 79.9. The summed E-state index contributed by atoms with van der Waals surface area (Å²) in [6.07, 6.45) is 3.65. The standard InChI is InChI=1S/C23H24BrFN6O3S/c24-14-8-16-17(34-11-33-16)9-18(14)35-23-29-19-20(26)27-10-28-21(19)31(23)6-3-12-1-4-30(5-2-12)22(32)13-7-15(13)25/h8-10,12-13,15H,1-7,11H2,(H2,26,27,28)/t13?,15-/m0/s1. The number of imidazole rings is 1. The topological polar surface area (TPSA) is 108 Å². The summed E-state index contributed by atoms with van der Waals surface area (Å²) in [6.45, 7) is 2.31. The molecule has 9 nitrogen and oxygen atoms in total. The van der Waals surface area contributed by atoms with Gasteiger partial charge in [-0.3, -0.25) is 4.79 Å². The third-order valence-electron chi connectivity index (χ3n) is 6.87. The van der Waals surface area contributed by atoms with E-state index in [4.69, 9.17) is 20.2 Å². The molecule has 2 N–H and O–H groups in total.